The van der Waals surface area contributed by atoms with Crippen LogP contribution in [0.3, 0.4) is 0 Å². The van der Waals surface area contributed by atoms with E-state index >= 15 is 0 Å². The lowest BCUT2D eigenvalue weighted by molar-refractivity contribution is -0.384. The van der Waals surface area contributed by atoms with Gasteiger partial charge in [0.15, 0.2) is 0 Å². The molecule has 2 rings (SSSR count). The summed E-state index contributed by atoms with van der Waals surface area (Å²) in [5.41, 5.74) is 0.974. The highest BCUT2D eigenvalue weighted by Gasteiger charge is 2.32. The molecule has 0 aliphatic rings. The summed E-state index contributed by atoms with van der Waals surface area (Å²) in [6, 6.07) is 12.0. The molecule has 0 heterocycles. The Balaban J connectivity index is 2.50. The quantitative estimate of drug-likeness (QED) is 0.339. The summed E-state index contributed by atoms with van der Waals surface area (Å²) in [5.74, 6) is -0.921. The number of benzene rings is 2. The van der Waals surface area contributed by atoms with Crippen LogP contribution in [0.25, 0.3) is 0 Å². The third-order valence-corrected chi connectivity index (χ3v) is 7.06. The molecule has 0 radical (unpaired) electrons. The number of carbonyl (C=O) groups is 2. The molecule has 2 aromatic rings. The third-order valence-electron chi connectivity index (χ3n) is 5.93. The topological polar surface area (TPSA) is 130 Å². The van der Waals surface area contributed by atoms with Crippen LogP contribution in [-0.4, -0.2) is 54.9 Å². The minimum absolute atomic E-state index is 0.0387. The summed E-state index contributed by atoms with van der Waals surface area (Å²) >= 11 is 0. The van der Waals surface area contributed by atoms with E-state index in [1.807, 2.05) is 44.2 Å². The number of hydrogen-bond donors (Lipinski definition) is 1. The molecule has 2 unspecified atom stereocenters. The van der Waals surface area contributed by atoms with E-state index in [0.717, 1.165) is 22.2 Å². The maximum Gasteiger partial charge on any atom is 0.271 e. The highest BCUT2D eigenvalue weighted by molar-refractivity contribution is 7.92. The molecule has 0 aromatic heterocycles. The number of nitro benzene ring substituents is 1. The van der Waals surface area contributed by atoms with Crippen LogP contribution in [0.15, 0.2) is 48.5 Å². The van der Waals surface area contributed by atoms with Crippen LogP contribution in [0.2, 0.25) is 0 Å². The van der Waals surface area contributed by atoms with Crippen molar-refractivity contribution in [1.29, 1.82) is 0 Å². The monoisotopic (exact) mass is 518 g/mol. The number of nitrogens with one attached hydrogen (secondary N) is 1. The van der Waals surface area contributed by atoms with Crippen molar-refractivity contribution in [2.75, 3.05) is 17.1 Å². The molecule has 0 spiro atoms. The normalized spacial score (nSPS) is 12.9. The van der Waals surface area contributed by atoms with Crippen molar-refractivity contribution in [3.05, 3.63) is 69.8 Å². The van der Waals surface area contributed by atoms with E-state index in [9.17, 15) is 28.1 Å². The van der Waals surface area contributed by atoms with Crippen LogP contribution in [0, 0.1) is 17.0 Å². The van der Waals surface area contributed by atoms with Crippen LogP contribution in [0.5, 0.6) is 0 Å². The molecule has 0 fully saturated rings. The van der Waals surface area contributed by atoms with Gasteiger partial charge in [0.2, 0.25) is 21.8 Å². The van der Waals surface area contributed by atoms with Gasteiger partial charge >= 0.3 is 0 Å². The number of nitro groups is 1. The Hall–Kier alpha value is -3.47. The number of non-ortho nitro benzene ring substituents is 1. The minimum Gasteiger partial charge on any atom is -0.352 e. The Labute approximate surface area is 212 Å². The molecular weight excluding hydrogens is 484 g/mol. The van der Waals surface area contributed by atoms with Crippen molar-refractivity contribution in [2.24, 2.45) is 0 Å². The molecule has 2 atom stereocenters. The summed E-state index contributed by atoms with van der Waals surface area (Å²) in [5, 5.41) is 14.2. The molecule has 0 bridgehead atoms. The Bertz CT molecular complexity index is 1190. The number of aryl methyl sites for hydroxylation is 1. The number of rotatable bonds is 12. The van der Waals surface area contributed by atoms with Gasteiger partial charge in [-0.1, -0.05) is 50.2 Å². The van der Waals surface area contributed by atoms with E-state index in [1.54, 1.807) is 13.8 Å². The summed E-state index contributed by atoms with van der Waals surface area (Å²) in [4.78, 5) is 38.8. The fourth-order valence-electron chi connectivity index (χ4n) is 3.72. The summed E-state index contributed by atoms with van der Waals surface area (Å²) in [6.45, 7) is 6.68. The molecule has 1 N–H and O–H groups in total. The van der Waals surface area contributed by atoms with Gasteiger partial charge in [-0.2, -0.15) is 0 Å². The third kappa shape index (κ3) is 7.51. The lowest BCUT2D eigenvalue weighted by atomic mass is 10.1. The second kappa shape index (κ2) is 12.5. The van der Waals surface area contributed by atoms with E-state index in [2.05, 4.69) is 5.32 Å². The van der Waals surface area contributed by atoms with Gasteiger partial charge in [0.05, 0.1) is 16.9 Å². The molecule has 36 heavy (non-hydrogen) atoms. The SMILES string of the molecule is CCC(C)NC(=O)C(CC)N(Cc1ccccc1)C(=O)CN(c1cc([N+](=O)[O-])ccc1C)S(C)(=O)=O. The van der Waals surface area contributed by atoms with Gasteiger partial charge in [-0.3, -0.25) is 24.0 Å². The molecular formula is C25H34N4O6S. The number of carbonyl (C=O) groups excluding carboxylic acids is 2. The molecule has 196 valence electrons. The van der Waals surface area contributed by atoms with E-state index in [4.69, 9.17) is 0 Å². The maximum atomic E-state index is 13.7. The lowest BCUT2D eigenvalue weighted by Gasteiger charge is -2.33. The Morgan fingerprint density at radius 1 is 1.08 bits per heavy atom. The average molecular weight is 519 g/mol. The van der Waals surface area contributed by atoms with Crippen LogP contribution in [0.1, 0.15) is 44.7 Å². The molecule has 0 aliphatic heterocycles. The molecule has 2 amide bonds. The zero-order valence-corrected chi connectivity index (χ0v) is 22.1. The average Bonchev–Trinajstić information content (AvgIpc) is 2.82. The Morgan fingerprint density at radius 2 is 1.72 bits per heavy atom. The number of hydrogen-bond acceptors (Lipinski definition) is 6. The number of nitrogens with zero attached hydrogens (tertiary/aromatic N) is 3. The number of anilines is 1. The minimum atomic E-state index is -4.00. The lowest BCUT2D eigenvalue weighted by Crippen LogP contribution is -2.53. The maximum absolute atomic E-state index is 13.7. The first-order chi connectivity index (χ1) is 16.9. The van der Waals surface area contributed by atoms with E-state index < -0.39 is 33.4 Å². The second-order valence-corrected chi connectivity index (χ2v) is 10.7. The Kier molecular flexibility index (Phi) is 9.97. The first kappa shape index (κ1) is 28.8. The summed E-state index contributed by atoms with van der Waals surface area (Å²) < 4.78 is 26.3. The first-order valence-electron chi connectivity index (χ1n) is 11.8. The number of sulfonamides is 1. The molecule has 0 saturated heterocycles. The number of amides is 2. The van der Waals surface area contributed by atoms with Crippen molar-refractivity contribution in [2.45, 2.75) is 59.2 Å². The van der Waals surface area contributed by atoms with Gasteiger partial charge in [-0.25, -0.2) is 8.42 Å². The van der Waals surface area contributed by atoms with Gasteiger partial charge in [0, 0.05) is 24.7 Å². The van der Waals surface area contributed by atoms with Crippen molar-refractivity contribution in [3.63, 3.8) is 0 Å². The van der Waals surface area contributed by atoms with Crippen molar-refractivity contribution >= 4 is 33.2 Å². The summed E-state index contributed by atoms with van der Waals surface area (Å²) in [7, 11) is -4.00. The van der Waals surface area contributed by atoms with Crippen molar-refractivity contribution in [3.8, 4) is 0 Å². The zero-order valence-electron chi connectivity index (χ0n) is 21.3. The van der Waals surface area contributed by atoms with E-state index in [0.29, 0.717) is 18.4 Å². The van der Waals surface area contributed by atoms with Crippen LogP contribution < -0.4 is 9.62 Å². The predicted octanol–water partition coefficient (Wildman–Crippen LogP) is 3.39. The first-order valence-corrected chi connectivity index (χ1v) is 13.6. The molecule has 0 saturated carbocycles. The van der Waals surface area contributed by atoms with E-state index in [-0.39, 0.29) is 29.9 Å². The Morgan fingerprint density at radius 3 is 2.25 bits per heavy atom. The van der Waals surface area contributed by atoms with Gasteiger partial charge in [-0.15, -0.1) is 0 Å². The van der Waals surface area contributed by atoms with E-state index in [1.165, 1.54) is 17.0 Å². The standard InChI is InChI=1S/C25H34N4O6S/c1-6-19(4)26-25(31)22(7-2)27(16-20-11-9-8-10-12-20)24(30)17-28(36(5,34)35)23-15-21(29(32)33)14-13-18(23)3/h8-15,19,22H,6-7,16-17H2,1-5H3,(H,26,31). The highest BCUT2D eigenvalue weighted by Crippen LogP contribution is 2.28. The zero-order chi connectivity index (χ0) is 27.0. The highest BCUT2D eigenvalue weighted by atomic mass is 32.2. The van der Waals surface area contributed by atoms with Crippen LogP contribution in [-0.2, 0) is 26.2 Å². The van der Waals surface area contributed by atoms with Crippen molar-refractivity contribution < 1.29 is 22.9 Å². The molecule has 11 heteroatoms. The fourth-order valence-corrected chi connectivity index (χ4v) is 4.61. The van der Waals surface area contributed by atoms with Crippen molar-refractivity contribution in [1.82, 2.24) is 10.2 Å². The molecule has 0 aliphatic carbocycles. The van der Waals surface area contributed by atoms with Crippen LogP contribution in [0.4, 0.5) is 11.4 Å². The van der Waals surface area contributed by atoms with Gasteiger partial charge in [0.1, 0.15) is 12.6 Å². The second-order valence-electron chi connectivity index (χ2n) is 8.75. The molecule has 2 aromatic carbocycles. The summed E-state index contributed by atoms with van der Waals surface area (Å²) in [6.07, 6.45) is 1.96. The van der Waals surface area contributed by atoms with Crippen LogP contribution >= 0.6 is 0 Å². The fraction of sp³-hybridized carbons (Fsp3) is 0.440. The van der Waals surface area contributed by atoms with Gasteiger partial charge < -0.3 is 10.2 Å². The largest absolute Gasteiger partial charge is 0.352 e. The van der Waals surface area contributed by atoms with Gasteiger partial charge in [0.25, 0.3) is 5.69 Å². The smallest absolute Gasteiger partial charge is 0.271 e. The predicted molar refractivity (Wildman–Crippen MR) is 139 cm³/mol. The van der Waals surface area contributed by atoms with Gasteiger partial charge in [-0.05, 0) is 37.8 Å². The molecule has 10 nitrogen and oxygen atoms in total.